The molecule has 0 saturated carbocycles. The molecule has 2 aromatic rings. The predicted octanol–water partition coefficient (Wildman–Crippen LogP) is 9.06. The summed E-state index contributed by atoms with van der Waals surface area (Å²) in [6.07, 6.45) is 8.58. The first-order valence-electron chi connectivity index (χ1n) is 16.2. The fraction of sp³-hybridized carbons (Fsp3) is 0.677. The highest BCUT2D eigenvalue weighted by Crippen LogP contribution is 2.39. The van der Waals surface area contributed by atoms with Crippen molar-refractivity contribution in [2.24, 2.45) is 0 Å². The van der Waals surface area contributed by atoms with Gasteiger partial charge in [0.2, 0.25) is 0 Å². The molecule has 1 N–H and O–H groups in total. The zero-order chi connectivity index (χ0) is 36.8. The highest BCUT2D eigenvalue weighted by atomic mass is 35.7. The van der Waals surface area contributed by atoms with Crippen LogP contribution < -0.4 is 5.32 Å². The second-order valence-corrected chi connectivity index (χ2v) is 20.8. The molecule has 4 aliphatic heterocycles. The quantitative estimate of drug-likeness (QED) is 0.225. The zero-order valence-corrected chi connectivity index (χ0v) is 36.2. The van der Waals surface area contributed by atoms with Crippen molar-refractivity contribution in [1.82, 2.24) is 14.5 Å². The number of nitrogens with one attached hydrogen (secondary N) is 1. The van der Waals surface area contributed by atoms with Gasteiger partial charge in [-0.05, 0) is 69.6 Å². The van der Waals surface area contributed by atoms with Gasteiger partial charge >= 0.3 is 0 Å². The molecule has 6 rings (SSSR count). The van der Waals surface area contributed by atoms with Crippen LogP contribution in [0.25, 0.3) is 0 Å². The zero-order valence-electron chi connectivity index (χ0n) is 28.3. The molecule has 0 amide bonds. The average Bonchev–Trinajstić information content (AvgIpc) is 3.67. The van der Waals surface area contributed by atoms with Crippen molar-refractivity contribution in [1.29, 1.82) is 0 Å². The highest BCUT2D eigenvalue weighted by molar-refractivity contribution is 8.15. The van der Waals surface area contributed by atoms with Crippen molar-refractivity contribution in [2.75, 3.05) is 25.0 Å². The van der Waals surface area contributed by atoms with Crippen LogP contribution in [0.3, 0.4) is 0 Å². The molecule has 0 radical (unpaired) electrons. The smallest absolute Gasteiger partial charge is 0.270 e. The minimum atomic E-state index is -3.58. The fourth-order valence-corrected chi connectivity index (χ4v) is 11.9. The lowest BCUT2D eigenvalue weighted by Crippen LogP contribution is -2.54. The van der Waals surface area contributed by atoms with E-state index < -0.39 is 19.1 Å². The predicted molar refractivity (Wildman–Crippen MR) is 212 cm³/mol. The van der Waals surface area contributed by atoms with Gasteiger partial charge in [-0.3, -0.25) is 9.59 Å². The molecule has 0 spiro atoms. The average molecular weight is 899 g/mol. The van der Waals surface area contributed by atoms with Gasteiger partial charge in [-0.2, -0.15) is 4.31 Å². The number of hydrogen-bond acceptors (Lipinski definition) is 10. The van der Waals surface area contributed by atoms with E-state index in [1.54, 1.807) is 16.4 Å². The molecule has 4 fully saturated rings. The maximum atomic E-state index is 12.7. The van der Waals surface area contributed by atoms with Crippen molar-refractivity contribution >= 4 is 123 Å². The third-order valence-electron chi connectivity index (χ3n) is 8.46. The summed E-state index contributed by atoms with van der Waals surface area (Å²) >= 11 is 22.8. The summed E-state index contributed by atoms with van der Waals surface area (Å²) in [4.78, 5) is 25.1. The molecule has 4 unspecified atom stereocenters. The van der Waals surface area contributed by atoms with Crippen molar-refractivity contribution in [2.45, 2.75) is 118 Å². The van der Waals surface area contributed by atoms with Gasteiger partial charge in [-0.25, -0.2) is 16.8 Å². The lowest BCUT2D eigenvalue weighted by molar-refractivity contribution is -0.124. The molecule has 0 aliphatic carbocycles. The second kappa shape index (κ2) is 23.9. The molecule has 0 aromatic carbocycles. The van der Waals surface area contributed by atoms with Gasteiger partial charge in [0.05, 0.1) is 14.0 Å². The summed E-state index contributed by atoms with van der Waals surface area (Å²) in [5, 5.41) is 3.66. The van der Waals surface area contributed by atoms with Crippen molar-refractivity contribution < 1.29 is 26.4 Å². The second-order valence-electron chi connectivity index (χ2n) is 11.7. The van der Waals surface area contributed by atoms with E-state index in [-0.39, 0.29) is 44.0 Å². The molecule has 2 aromatic heterocycles. The monoisotopic (exact) mass is 895 g/mol. The Labute approximate surface area is 336 Å². The fourth-order valence-electron chi connectivity index (χ4n) is 6.23. The number of carbonyl (C=O) groups excluding carboxylic acids is 2. The SMILES string of the molecule is CCN(CC)CC.Cl.ClCCl.O=C1CC2CCCC(C1)N2.O=C1CC2CCCC(C1)N2S(=O)(=O)c1ccc(Cl)s1.O=S(=O)(Cl)c1ccc(Cl)s1. The van der Waals surface area contributed by atoms with Gasteiger partial charge in [-0.1, -0.05) is 56.8 Å². The van der Waals surface area contributed by atoms with E-state index in [4.69, 9.17) is 57.1 Å². The minimum Gasteiger partial charge on any atom is -0.310 e. The molecule has 50 heavy (non-hydrogen) atoms. The van der Waals surface area contributed by atoms with E-state index in [1.807, 2.05) is 0 Å². The van der Waals surface area contributed by atoms with Crippen LogP contribution in [0.4, 0.5) is 0 Å². The molecule has 19 heteroatoms. The van der Waals surface area contributed by atoms with Crippen LogP contribution in [0, 0.1) is 0 Å². The largest absolute Gasteiger partial charge is 0.310 e. The summed E-state index contributed by atoms with van der Waals surface area (Å²) < 4.78 is 49.3. The molecule has 4 saturated heterocycles. The van der Waals surface area contributed by atoms with Crippen LogP contribution in [0.15, 0.2) is 32.7 Å². The number of hydrogen-bond donors (Lipinski definition) is 1. The highest BCUT2D eigenvalue weighted by Gasteiger charge is 2.45. The first kappa shape index (κ1) is 48.3. The number of fused-ring (bicyclic) bond motifs is 4. The van der Waals surface area contributed by atoms with Gasteiger partial charge in [-0.15, -0.1) is 58.3 Å². The molecule has 288 valence electrons. The summed E-state index contributed by atoms with van der Waals surface area (Å²) in [7, 11) is -2.09. The summed E-state index contributed by atoms with van der Waals surface area (Å²) in [5.41, 5.74) is 0. The number of ketones is 2. The summed E-state index contributed by atoms with van der Waals surface area (Å²) in [6, 6.07) is 6.74. The van der Waals surface area contributed by atoms with Gasteiger partial charge in [0, 0.05) is 60.5 Å². The van der Waals surface area contributed by atoms with E-state index in [2.05, 4.69) is 31.0 Å². The number of nitrogens with zero attached hydrogens (tertiary/aromatic N) is 2. The Morgan fingerprint density at radius 3 is 1.48 bits per heavy atom. The Bertz CT molecular complexity index is 1500. The molecule has 9 nitrogen and oxygen atoms in total. The Hall–Kier alpha value is 0.260. The number of carbonyl (C=O) groups is 2. The number of alkyl halides is 2. The Balaban J connectivity index is 0.000000346. The van der Waals surface area contributed by atoms with Gasteiger partial charge in [0.25, 0.3) is 19.1 Å². The number of Topliss-reactive ketones (excluding diaryl/α,β-unsaturated/α-hetero) is 2. The van der Waals surface area contributed by atoms with Crippen LogP contribution in [0.2, 0.25) is 8.67 Å². The van der Waals surface area contributed by atoms with Crippen molar-refractivity contribution in [3.63, 3.8) is 0 Å². The molecule has 4 atom stereocenters. The maximum Gasteiger partial charge on any atom is 0.270 e. The van der Waals surface area contributed by atoms with E-state index in [1.165, 1.54) is 51.0 Å². The Morgan fingerprint density at radius 1 is 0.740 bits per heavy atom. The summed E-state index contributed by atoms with van der Waals surface area (Å²) in [5.74, 6) is 0.652. The number of halogens is 6. The number of piperidine rings is 4. The van der Waals surface area contributed by atoms with E-state index >= 15 is 0 Å². The number of rotatable bonds is 6. The molecular formula is C31H47Cl6N3O6S4. The van der Waals surface area contributed by atoms with Crippen LogP contribution in [-0.4, -0.2) is 86.7 Å². The first-order valence-corrected chi connectivity index (χ1v) is 23.4. The standard InChI is InChI=1S/C12H14ClNO3S2.C8H13NO.C6H15N.C4H2Cl2O2S2.CH2Cl2.ClH/c13-11-4-5-12(18-11)19(16,17)14-8-2-1-3-9(14)7-10(15)6-8;10-8-4-6-2-1-3-7(5-8)9-6;1-4-7(5-2)6-3;5-3-1-2-4(9-3)10(6,7)8;2-1-3;/h4-5,8-9H,1-3,6-7H2;6-7,9H,1-5H2;4-6H2,1-3H3;1-2H;1H2;1H. The number of sulfonamides is 1. The van der Waals surface area contributed by atoms with Crippen molar-refractivity contribution in [3.05, 3.63) is 32.9 Å². The molecular weight excluding hydrogens is 851 g/mol. The normalized spacial score (nSPS) is 23.0. The van der Waals surface area contributed by atoms with Gasteiger partial charge < -0.3 is 10.2 Å². The Morgan fingerprint density at radius 2 is 1.14 bits per heavy atom. The first-order chi connectivity index (χ1) is 23.1. The van der Waals surface area contributed by atoms with Crippen molar-refractivity contribution in [3.8, 4) is 0 Å². The topological polar surface area (TPSA) is 121 Å². The van der Waals surface area contributed by atoms with Gasteiger partial charge in [0.1, 0.15) is 20.0 Å². The summed E-state index contributed by atoms with van der Waals surface area (Å²) in [6.45, 7) is 10.1. The van der Waals surface area contributed by atoms with E-state index in [9.17, 15) is 26.4 Å². The number of thiophene rings is 2. The molecule has 4 aliphatic rings. The van der Waals surface area contributed by atoms with E-state index in [0.717, 1.165) is 54.8 Å². The third kappa shape index (κ3) is 15.9. The minimum absolute atomic E-state index is 0. The van der Waals surface area contributed by atoms with E-state index in [0.29, 0.717) is 39.4 Å². The lowest BCUT2D eigenvalue weighted by atomic mass is 9.86. The van der Waals surface area contributed by atoms with Crippen LogP contribution >= 0.6 is 92.2 Å². The molecule has 4 bridgehead atoms. The molecule has 6 heterocycles. The van der Waals surface area contributed by atoms with Crippen LogP contribution in [0.1, 0.15) is 85.0 Å². The maximum absolute atomic E-state index is 12.7. The van der Waals surface area contributed by atoms with Gasteiger partial charge in [0.15, 0.2) is 0 Å². The third-order valence-corrected chi connectivity index (χ3v) is 15.5. The lowest BCUT2D eigenvalue weighted by Gasteiger charge is -2.43. The van der Waals surface area contributed by atoms with Crippen LogP contribution in [-0.2, 0) is 28.7 Å². The Kier molecular flexibility index (Phi) is 23.1. The van der Waals surface area contributed by atoms with Crippen LogP contribution in [0.5, 0.6) is 0 Å².